The Morgan fingerprint density at radius 1 is 0.620 bits per heavy atom. The van der Waals surface area contributed by atoms with Gasteiger partial charge in [-0.05, 0) is 163 Å². The molecular formula is C88H127Cl3N24O21S. The summed E-state index contributed by atoms with van der Waals surface area (Å²) >= 11 is 4.96. The van der Waals surface area contributed by atoms with Gasteiger partial charge in [0.05, 0.1) is 93.3 Å². The fourth-order valence-electron chi connectivity index (χ4n) is 12.3. The highest BCUT2D eigenvalue weighted by Gasteiger charge is 2.30. The second-order valence-corrected chi connectivity index (χ2v) is 30.6. The first-order valence-corrected chi connectivity index (χ1v) is 44.2. The topological polar surface area (TPSA) is 616 Å². The molecule has 13 rings (SSSR count). The van der Waals surface area contributed by atoms with Crippen LogP contribution >= 0.6 is 36.4 Å². The Morgan fingerprint density at radius 3 is 1.30 bits per heavy atom. The average Bonchev–Trinajstić information content (AvgIpc) is 1.64. The number of anilines is 3. The van der Waals surface area contributed by atoms with Crippen molar-refractivity contribution in [3.63, 3.8) is 0 Å². The van der Waals surface area contributed by atoms with Crippen LogP contribution in [0.5, 0.6) is 0 Å². The first-order valence-electron chi connectivity index (χ1n) is 42.0. The summed E-state index contributed by atoms with van der Waals surface area (Å²) in [4.78, 5) is 110. The first kappa shape index (κ1) is 126. The van der Waals surface area contributed by atoms with E-state index in [1.807, 2.05) is 13.8 Å². The van der Waals surface area contributed by atoms with Gasteiger partial charge in [0.15, 0.2) is 23.5 Å². The zero-order valence-corrected chi connectivity index (χ0v) is 81.2. The molecule has 6 aliphatic rings. The third-order valence-corrected chi connectivity index (χ3v) is 19.9. The van der Waals surface area contributed by atoms with Gasteiger partial charge in [-0.1, -0.05) is 13.3 Å². The summed E-state index contributed by atoms with van der Waals surface area (Å²) in [5.74, 6) is 18.5. The number of aromatic nitrogens is 14. The number of fused-ring (bicyclic) bond motifs is 2. The van der Waals surface area contributed by atoms with Gasteiger partial charge in [-0.15, -0.1) is 68.3 Å². The van der Waals surface area contributed by atoms with E-state index in [9.17, 15) is 51.9 Å². The zero-order valence-electron chi connectivity index (χ0n) is 78.0. The van der Waals surface area contributed by atoms with E-state index in [2.05, 4.69) is 130 Å². The smallest absolute Gasteiger partial charge is 0.303 e. The number of allylic oxidation sites excluding steroid dienone is 1. The SMILES string of the molecule is C.C#C.C#CC.C#CC#CC.CC#CC.CC(=O)O[C@@H](C)C(=O)Cl.CC(=O)O[C@@H](C)C(=O)Nc1c(C(N)=O)cnn1C1CCOCC1.C[C@H](O)c1nc2c(cnn2C2CCOCC2)c(=O)[nH]1.C[C@H](OS(C)(=O)=O)c1nc2c(cnn2C2CCOCC2)c(=O)[nH]1.Cl.Cl.NC(=O)c1cnn(C2CCOCC2)c1N.NNC1CCOCC1.[C-]#[N+]/C(C#N)=C/OCC.[C-]#[N+]c1cnn(C2CCOCC2)c1N. The van der Waals surface area contributed by atoms with Crippen LogP contribution in [-0.4, -0.2) is 228 Å². The van der Waals surface area contributed by atoms with Crippen LogP contribution in [-0.2, 0) is 76.1 Å². The molecule has 0 unspecified atom stereocenters. The van der Waals surface area contributed by atoms with Crippen molar-refractivity contribution in [1.82, 2.24) is 74.3 Å². The number of aromatic amines is 2. The molecule has 0 aromatic carbocycles. The minimum Gasteiger partial charge on any atom is -0.512 e. The number of amides is 3. The highest BCUT2D eigenvalue weighted by Crippen LogP contribution is 2.32. The van der Waals surface area contributed by atoms with Crippen molar-refractivity contribution in [2.24, 2.45) is 17.3 Å². The number of halogens is 3. The number of aliphatic hydroxyl groups is 1. The fourth-order valence-corrected chi connectivity index (χ4v) is 13.0. The van der Waals surface area contributed by atoms with E-state index in [1.165, 1.54) is 65.6 Å². The van der Waals surface area contributed by atoms with Crippen LogP contribution in [0.2, 0.25) is 0 Å². The number of H-pyrrole nitrogens is 2. The maximum Gasteiger partial charge on any atom is 0.303 e. The molecule has 0 saturated carbocycles. The lowest BCUT2D eigenvalue weighted by atomic mass is 10.1. The predicted molar refractivity (Wildman–Crippen MR) is 518 cm³/mol. The van der Waals surface area contributed by atoms with E-state index in [-0.39, 0.29) is 96.3 Å². The summed E-state index contributed by atoms with van der Waals surface area (Å²) in [6.45, 7) is 39.3. The van der Waals surface area contributed by atoms with Crippen LogP contribution in [0.15, 0.2) is 52.5 Å². The molecule has 49 heteroatoms. The van der Waals surface area contributed by atoms with Crippen molar-refractivity contribution in [2.75, 3.05) is 109 Å². The van der Waals surface area contributed by atoms with Crippen LogP contribution in [0.4, 0.5) is 23.1 Å². The van der Waals surface area contributed by atoms with Gasteiger partial charge >= 0.3 is 11.9 Å². The molecule has 7 aromatic rings. The fraction of sp³-hybridized carbons (Fsp3) is 0.545. The Kier molecular flexibility index (Phi) is 64.4. The Balaban J connectivity index is 0. The molecule has 752 valence electrons. The number of primary amides is 2. The molecule has 13 heterocycles. The Morgan fingerprint density at radius 2 is 0.985 bits per heavy atom. The summed E-state index contributed by atoms with van der Waals surface area (Å²) in [5.41, 5.74) is 26.0. The van der Waals surface area contributed by atoms with Crippen molar-refractivity contribution < 1.29 is 89.1 Å². The normalized spacial score (nSPS) is 15.4. The monoisotopic (exact) mass is 1990 g/mol. The molecular weight excluding hydrogens is 1870 g/mol. The van der Waals surface area contributed by atoms with Crippen molar-refractivity contribution >= 4 is 127 Å². The van der Waals surface area contributed by atoms with Crippen LogP contribution < -0.4 is 50.6 Å². The second-order valence-electron chi connectivity index (χ2n) is 28.7. The van der Waals surface area contributed by atoms with E-state index < -0.39 is 69.4 Å². The number of nitrogens with one attached hydrogen (secondary N) is 4. The van der Waals surface area contributed by atoms with Crippen LogP contribution in [0.1, 0.15) is 235 Å². The molecule has 0 bridgehead atoms. The number of hydrogen-bond acceptors (Lipinski definition) is 33. The van der Waals surface area contributed by atoms with Gasteiger partial charge in [-0.2, -0.15) is 33.9 Å². The van der Waals surface area contributed by atoms with E-state index in [0.29, 0.717) is 129 Å². The summed E-state index contributed by atoms with van der Waals surface area (Å²) in [7, 11) is -3.66. The quantitative estimate of drug-likeness (QED) is 0.00419. The molecule has 15 N–H and O–H groups in total. The van der Waals surface area contributed by atoms with E-state index >= 15 is 0 Å². The summed E-state index contributed by atoms with van der Waals surface area (Å²) in [6, 6.07) is 2.96. The van der Waals surface area contributed by atoms with Crippen LogP contribution in [0.25, 0.3) is 31.8 Å². The van der Waals surface area contributed by atoms with Crippen LogP contribution in [0, 0.1) is 85.7 Å². The number of terminal acetylenes is 3. The van der Waals surface area contributed by atoms with Crippen molar-refractivity contribution in [2.45, 2.75) is 221 Å². The number of carbonyl (C=O) groups excluding carboxylic acids is 6. The highest BCUT2D eigenvalue weighted by molar-refractivity contribution is 7.86. The lowest BCUT2D eigenvalue weighted by Crippen LogP contribution is -2.39. The molecule has 6 aliphatic heterocycles. The average molecular weight is 2000 g/mol. The largest absolute Gasteiger partial charge is 0.512 e. The van der Waals surface area contributed by atoms with Gasteiger partial charge < -0.3 is 86.0 Å². The van der Waals surface area contributed by atoms with E-state index in [4.69, 9.17) is 103 Å². The molecule has 137 heavy (non-hydrogen) atoms. The third-order valence-electron chi connectivity index (χ3n) is 19.0. The number of ether oxygens (including phenoxy) is 9. The van der Waals surface area contributed by atoms with Gasteiger partial charge in [0.25, 0.3) is 49.9 Å². The van der Waals surface area contributed by atoms with Gasteiger partial charge in [-0.3, -0.25) is 58.5 Å². The lowest BCUT2D eigenvalue weighted by Gasteiger charge is -2.24. The second kappa shape index (κ2) is 69.9. The number of esters is 2. The first-order chi connectivity index (χ1) is 64.0. The minimum atomic E-state index is -3.66. The number of hydrazine groups is 1. The highest BCUT2D eigenvalue weighted by atomic mass is 35.5. The van der Waals surface area contributed by atoms with Crippen molar-refractivity contribution in [1.29, 1.82) is 5.26 Å². The van der Waals surface area contributed by atoms with E-state index in [1.54, 1.807) is 57.2 Å². The van der Waals surface area contributed by atoms with Crippen LogP contribution in [0.3, 0.4) is 0 Å². The van der Waals surface area contributed by atoms with Gasteiger partial charge in [0, 0.05) is 99.2 Å². The molecule has 3 amide bonds. The molecule has 6 saturated heterocycles. The maximum atomic E-state index is 12.2. The van der Waals surface area contributed by atoms with Gasteiger partial charge in [0.2, 0.25) is 5.69 Å². The van der Waals surface area contributed by atoms with Gasteiger partial charge in [-0.25, -0.2) is 43.6 Å². The number of nitriles is 1. The van der Waals surface area contributed by atoms with E-state index in [0.717, 1.165) is 103 Å². The Hall–Kier alpha value is -12.8. The number of nitrogens with two attached hydrogens (primary N) is 5. The molecule has 0 spiro atoms. The molecule has 45 nitrogen and oxygen atoms in total. The standard InChI is InChI=1S/C14H20N4O5.C13H18N4O5S.C12H16N4O3.C9H14N4O2.C9H12N4O.C6H6N2O.C5H7ClO3.C5H12N2O.C5H4.C4H6.C3H4.C2H2.CH4.2ClH/c1-8(23-9(2)19)14(21)17-13-11(12(15)20)7-16-18(13)10-3-5-22-6-4-10;1-8(22-23(2,19)20)11-15-12-10(13(18)16-11)7-14-17(12)9-3-5-21-6-4-9;1-7(17)10-14-11-9(12(18)15-10)6-13-16(11)8-2-4-19-5-3-8;10-8-7(9(11)14)5-12-13(8)6-1-3-15-4-2-6;1-11-8-6-12-13(9(8)10)7-2-4-14-5-3-7;1-3-9-5-6(4-7)8-2;1-3(5(6)8)9-4(2)7;6-7-5-1-3-8-4-2-5;1-3-5-4-2;1-3-4-2;1-3-2;1-2;;;/h7-8,10H,3-6H2,1-2H3,(H2,15,20)(H,17,21);7-9H,3-6H2,1-2H3,(H,15,16,18);6-8,17H,2-5H2,1H3,(H,14,15,18);5-6H,1-4,10H2,(H2,11,14);6-7H,2-5,10H2;5H,3H2,1H3;3H,1-2H3;5,7H,1-4,6H2;1H,2H3;1-2H3;1H,2H3;1-2H;1H4;2*1H/b;;;;;6-5+;;;;;;;;;/t2*8-;7-;;;;3-;;;;;;;;/m000...0......../s1. The van der Waals surface area contributed by atoms with Crippen molar-refractivity contribution in [3.8, 4) is 67.3 Å². The predicted octanol–water partition coefficient (Wildman–Crippen LogP) is 8.22. The third kappa shape index (κ3) is 45.1. The van der Waals surface area contributed by atoms with Gasteiger partial charge in [0.1, 0.15) is 69.5 Å². The number of rotatable bonds is 19. The molecule has 7 aromatic heterocycles. The Labute approximate surface area is 814 Å². The van der Waals surface area contributed by atoms with Crippen molar-refractivity contribution in [3.05, 3.63) is 109 Å². The number of nitrogen functional groups attached to an aromatic ring is 2. The number of nitrogens with zero attached hydrogens (tertiary/aromatic N) is 15. The summed E-state index contributed by atoms with van der Waals surface area (Å²) in [5, 5.41) is 41.4. The Bertz CT molecular complexity index is 5500. The molecule has 4 atom stereocenters. The molecule has 0 radical (unpaired) electrons. The minimum absolute atomic E-state index is 0. The summed E-state index contributed by atoms with van der Waals surface area (Å²) < 4.78 is 81.3. The number of aliphatic hydroxyl groups excluding tert-OH is 1. The summed E-state index contributed by atoms with van der Waals surface area (Å²) in [6.07, 6.45) is 33.6. The molecule has 0 aliphatic carbocycles. The maximum absolute atomic E-state index is 12.2. The molecule has 6 fully saturated rings. The number of hydrogen-bond donors (Lipinski definition) is 10. The zero-order chi connectivity index (χ0) is 100. The number of carbonyl (C=O) groups is 6. The lowest BCUT2D eigenvalue weighted by molar-refractivity contribution is -0.150.